The Morgan fingerprint density at radius 3 is 2.93 bits per heavy atom. The van der Waals surface area contributed by atoms with Gasteiger partial charge in [-0.3, -0.25) is 4.79 Å². The number of nitrogens with one attached hydrogen (secondary N) is 2. The van der Waals surface area contributed by atoms with E-state index in [1.807, 2.05) is 24.3 Å². The second-order valence-electron chi connectivity index (χ2n) is 7.13. The van der Waals surface area contributed by atoms with Crippen LogP contribution in [0.5, 0.6) is 11.5 Å². The first-order chi connectivity index (χ1) is 14.2. The summed E-state index contributed by atoms with van der Waals surface area (Å²) in [5.41, 5.74) is 2.23. The zero-order valence-electron chi connectivity index (χ0n) is 16.6. The highest BCUT2D eigenvalue weighted by Crippen LogP contribution is 2.26. The average Bonchev–Trinajstić information content (AvgIpc) is 3.16. The van der Waals surface area contributed by atoms with Crippen LogP contribution in [-0.4, -0.2) is 54.0 Å². The maximum Gasteiger partial charge on any atom is 0.253 e. The summed E-state index contributed by atoms with van der Waals surface area (Å²) in [5, 5.41) is 11.7. The van der Waals surface area contributed by atoms with Gasteiger partial charge in [-0.25, -0.2) is 9.67 Å². The van der Waals surface area contributed by atoms with E-state index in [0.717, 1.165) is 54.0 Å². The van der Waals surface area contributed by atoms with E-state index in [-0.39, 0.29) is 11.9 Å². The highest BCUT2D eigenvalue weighted by molar-refractivity contribution is 5.97. The lowest BCUT2D eigenvalue weighted by Crippen LogP contribution is -2.45. The number of ether oxygens (including phenoxy) is 2. The van der Waals surface area contributed by atoms with E-state index in [0.29, 0.717) is 12.1 Å². The first-order valence-corrected chi connectivity index (χ1v) is 9.72. The van der Waals surface area contributed by atoms with Gasteiger partial charge >= 0.3 is 0 Å². The number of carbonyl (C=O) groups is 1. The largest absolute Gasteiger partial charge is 0.497 e. The lowest BCUT2D eigenvalue weighted by molar-refractivity contribution is 0.0930. The summed E-state index contributed by atoms with van der Waals surface area (Å²) in [5.74, 6) is 1.36. The molecule has 0 spiro atoms. The molecule has 1 aliphatic heterocycles. The number of piperidine rings is 1. The number of rotatable bonds is 6. The van der Waals surface area contributed by atoms with Crippen molar-refractivity contribution >= 4 is 16.9 Å². The monoisotopic (exact) mass is 395 g/mol. The fraction of sp³-hybridized carbons (Fsp3) is 0.381. The predicted octanol–water partition coefficient (Wildman–Crippen LogP) is 1.98. The number of aromatic nitrogens is 3. The van der Waals surface area contributed by atoms with Crippen molar-refractivity contribution in [2.75, 3.05) is 27.3 Å². The molecule has 4 rings (SSSR count). The van der Waals surface area contributed by atoms with Gasteiger partial charge in [0.1, 0.15) is 11.5 Å². The number of benzene rings is 1. The maximum absolute atomic E-state index is 12.6. The Kier molecular flexibility index (Phi) is 5.62. The van der Waals surface area contributed by atoms with E-state index in [2.05, 4.69) is 20.7 Å². The molecule has 3 heterocycles. The molecule has 0 aliphatic carbocycles. The number of pyridine rings is 1. The molecular formula is C21H25N5O3. The molecule has 1 atom stereocenters. The van der Waals surface area contributed by atoms with Crippen molar-refractivity contribution in [2.24, 2.45) is 0 Å². The Hall–Kier alpha value is -3.13. The van der Waals surface area contributed by atoms with Crippen LogP contribution in [-0.2, 0) is 6.54 Å². The van der Waals surface area contributed by atoms with Crippen molar-refractivity contribution in [3.05, 3.63) is 47.8 Å². The van der Waals surface area contributed by atoms with Gasteiger partial charge in [0.15, 0.2) is 5.65 Å². The number of nitrogens with zero attached hydrogens (tertiary/aromatic N) is 3. The van der Waals surface area contributed by atoms with E-state index in [1.165, 1.54) is 0 Å². The van der Waals surface area contributed by atoms with Crippen LogP contribution >= 0.6 is 0 Å². The minimum Gasteiger partial charge on any atom is -0.497 e. The Bertz CT molecular complexity index is 1010. The quantitative estimate of drug-likeness (QED) is 0.663. The summed E-state index contributed by atoms with van der Waals surface area (Å²) >= 11 is 0. The van der Waals surface area contributed by atoms with Crippen molar-refractivity contribution in [2.45, 2.75) is 25.4 Å². The zero-order valence-corrected chi connectivity index (χ0v) is 16.6. The molecule has 8 heteroatoms. The summed E-state index contributed by atoms with van der Waals surface area (Å²) in [6.07, 6.45) is 5.41. The van der Waals surface area contributed by atoms with Gasteiger partial charge in [-0.05, 0) is 37.6 Å². The fourth-order valence-corrected chi connectivity index (χ4v) is 3.60. The van der Waals surface area contributed by atoms with Crippen molar-refractivity contribution in [3.63, 3.8) is 0 Å². The van der Waals surface area contributed by atoms with Crippen LogP contribution < -0.4 is 20.1 Å². The van der Waals surface area contributed by atoms with Crippen molar-refractivity contribution < 1.29 is 14.3 Å². The fourth-order valence-electron chi connectivity index (χ4n) is 3.60. The van der Waals surface area contributed by atoms with E-state index >= 15 is 0 Å². The van der Waals surface area contributed by atoms with Gasteiger partial charge in [0, 0.05) is 35.8 Å². The molecule has 29 heavy (non-hydrogen) atoms. The van der Waals surface area contributed by atoms with Gasteiger partial charge in [-0.1, -0.05) is 0 Å². The zero-order chi connectivity index (χ0) is 20.2. The van der Waals surface area contributed by atoms with Gasteiger partial charge in [0.2, 0.25) is 0 Å². The minimum absolute atomic E-state index is 0.0994. The molecule has 0 unspecified atom stereocenters. The lowest BCUT2D eigenvalue weighted by atomic mass is 10.1. The second kappa shape index (κ2) is 8.48. The maximum atomic E-state index is 12.6. The number of hydrogen-bond donors (Lipinski definition) is 2. The molecule has 8 nitrogen and oxygen atoms in total. The van der Waals surface area contributed by atoms with E-state index in [4.69, 9.17) is 9.47 Å². The Morgan fingerprint density at radius 1 is 1.28 bits per heavy atom. The number of carbonyl (C=O) groups excluding carboxylic acids is 1. The summed E-state index contributed by atoms with van der Waals surface area (Å²) in [4.78, 5) is 17.1. The predicted molar refractivity (Wildman–Crippen MR) is 110 cm³/mol. The van der Waals surface area contributed by atoms with Gasteiger partial charge in [0.05, 0.1) is 32.5 Å². The SMILES string of the molecule is COc1ccc(Cn2ncc3cc(C(=O)N[C@H]4CCCNC4)cnc32)c(OC)c1. The number of methoxy groups -OCH3 is 2. The van der Waals surface area contributed by atoms with E-state index in [9.17, 15) is 4.79 Å². The minimum atomic E-state index is -0.0994. The molecule has 1 saturated heterocycles. The summed E-state index contributed by atoms with van der Waals surface area (Å²) in [7, 11) is 3.25. The third kappa shape index (κ3) is 4.17. The number of hydrogen-bond acceptors (Lipinski definition) is 6. The van der Waals surface area contributed by atoms with Gasteiger partial charge in [-0.2, -0.15) is 5.10 Å². The van der Waals surface area contributed by atoms with Crippen molar-refractivity contribution in [1.29, 1.82) is 0 Å². The standard InChI is InChI=1S/C21H25N5O3/c1-28-18-6-5-14(19(9-18)29-2)13-26-20-15(11-24-26)8-16(10-23-20)21(27)25-17-4-3-7-22-12-17/h5-6,8-11,17,22H,3-4,7,12-13H2,1-2H3,(H,25,27)/t17-/m0/s1. The van der Waals surface area contributed by atoms with Crippen molar-refractivity contribution in [1.82, 2.24) is 25.4 Å². The first kappa shape index (κ1) is 19.2. The summed E-state index contributed by atoms with van der Waals surface area (Å²) in [6, 6.07) is 7.68. The molecular weight excluding hydrogens is 370 g/mol. The molecule has 2 N–H and O–H groups in total. The van der Waals surface area contributed by atoms with Gasteiger partial charge in [-0.15, -0.1) is 0 Å². The van der Waals surface area contributed by atoms with Crippen LogP contribution in [0, 0.1) is 0 Å². The molecule has 1 amide bonds. The topological polar surface area (TPSA) is 90.3 Å². The third-order valence-electron chi connectivity index (χ3n) is 5.18. The molecule has 2 aromatic heterocycles. The van der Waals surface area contributed by atoms with E-state index < -0.39 is 0 Å². The highest BCUT2D eigenvalue weighted by atomic mass is 16.5. The highest BCUT2D eigenvalue weighted by Gasteiger charge is 2.17. The summed E-state index contributed by atoms with van der Waals surface area (Å²) in [6.45, 7) is 2.32. The second-order valence-corrected chi connectivity index (χ2v) is 7.13. The Morgan fingerprint density at radius 2 is 2.17 bits per heavy atom. The number of fused-ring (bicyclic) bond motifs is 1. The molecule has 3 aromatic rings. The normalized spacial score (nSPS) is 16.6. The smallest absolute Gasteiger partial charge is 0.253 e. The van der Waals surface area contributed by atoms with Crippen LogP contribution in [0.2, 0.25) is 0 Å². The van der Waals surface area contributed by atoms with Gasteiger partial charge < -0.3 is 20.1 Å². The lowest BCUT2D eigenvalue weighted by Gasteiger charge is -2.23. The molecule has 1 aliphatic rings. The molecule has 0 saturated carbocycles. The Balaban J connectivity index is 1.53. The average molecular weight is 395 g/mol. The van der Waals surface area contributed by atoms with Crippen LogP contribution in [0.25, 0.3) is 11.0 Å². The summed E-state index contributed by atoms with van der Waals surface area (Å²) < 4.78 is 12.5. The molecule has 0 radical (unpaired) electrons. The molecule has 152 valence electrons. The van der Waals surface area contributed by atoms with Crippen molar-refractivity contribution in [3.8, 4) is 11.5 Å². The first-order valence-electron chi connectivity index (χ1n) is 9.72. The van der Waals surface area contributed by atoms with Crippen LogP contribution in [0.4, 0.5) is 0 Å². The van der Waals surface area contributed by atoms with Crippen LogP contribution in [0.1, 0.15) is 28.8 Å². The molecule has 1 aromatic carbocycles. The Labute approximate surface area is 169 Å². The van der Waals surface area contributed by atoms with Crippen LogP contribution in [0.3, 0.4) is 0 Å². The van der Waals surface area contributed by atoms with Gasteiger partial charge in [0.25, 0.3) is 5.91 Å². The van der Waals surface area contributed by atoms with Crippen LogP contribution in [0.15, 0.2) is 36.7 Å². The molecule has 0 bridgehead atoms. The van der Waals surface area contributed by atoms with E-state index in [1.54, 1.807) is 31.3 Å². The number of amides is 1. The third-order valence-corrected chi connectivity index (χ3v) is 5.18. The molecule has 1 fully saturated rings.